The Morgan fingerprint density at radius 2 is 1.63 bits per heavy atom. The van der Waals surface area contributed by atoms with Gasteiger partial charge >= 0.3 is 0 Å². The number of phenols is 1. The van der Waals surface area contributed by atoms with E-state index in [-0.39, 0.29) is 11.2 Å². The van der Waals surface area contributed by atoms with Crippen molar-refractivity contribution in [2.75, 3.05) is 0 Å². The Bertz CT molecular complexity index is 579. The lowest BCUT2D eigenvalue weighted by atomic mass is 9.84. The summed E-state index contributed by atoms with van der Waals surface area (Å²) in [5.74, 6) is 0.592. The van der Waals surface area contributed by atoms with Gasteiger partial charge in [-0.1, -0.05) is 55.5 Å². The Hall–Kier alpha value is -1.80. The molecular formula is C17H18O2. The van der Waals surface area contributed by atoms with Crippen LogP contribution in [0.3, 0.4) is 0 Å². The van der Waals surface area contributed by atoms with Crippen molar-refractivity contribution in [2.24, 2.45) is 5.92 Å². The summed E-state index contributed by atoms with van der Waals surface area (Å²) in [6, 6.07) is 17.2. The Labute approximate surface area is 113 Å². The van der Waals surface area contributed by atoms with Crippen molar-refractivity contribution in [3.05, 3.63) is 65.7 Å². The van der Waals surface area contributed by atoms with Gasteiger partial charge in [0.25, 0.3) is 0 Å². The smallest absolute Gasteiger partial charge is 0.121 e. The minimum Gasteiger partial charge on any atom is -0.508 e. The monoisotopic (exact) mass is 254 g/mol. The summed E-state index contributed by atoms with van der Waals surface area (Å²) in [5, 5.41) is 20.7. The largest absolute Gasteiger partial charge is 0.508 e. The predicted molar refractivity (Wildman–Crippen MR) is 75.0 cm³/mol. The van der Waals surface area contributed by atoms with E-state index < -0.39 is 6.10 Å². The fourth-order valence-electron chi connectivity index (χ4n) is 3.13. The molecule has 0 heterocycles. The second-order valence-corrected chi connectivity index (χ2v) is 5.47. The van der Waals surface area contributed by atoms with Gasteiger partial charge in [0.2, 0.25) is 0 Å². The fraction of sp³-hybridized carbons (Fsp3) is 0.294. The number of para-hydroxylation sites is 1. The highest BCUT2D eigenvalue weighted by Crippen LogP contribution is 2.61. The SMILES string of the molecule is C[C@@H]1C[C@@]1(c1ccccc1)C(O)c1ccccc1O. The molecule has 0 spiro atoms. The van der Waals surface area contributed by atoms with E-state index in [0.717, 1.165) is 12.0 Å². The number of aliphatic hydroxyl groups excluding tert-OH is 1. The third-order valence-electron chi connectivity index (χ3n) is 4.39. The third-order valence-corrected chi connectivity index (χ3v) is 4.39. The van der Waals surface area contributed by atoms with Gasteiger partial charge in [0.05, 0.1) is 6.10 Å². The zero-order valence-electron chi connectivity index (χ0n) is 11.0. The van der Waals surface area contributed by atoms with Crippen LogP contribution in [0.25, 0.3) is 0 Å². The molecule has 1 saturated carbocycles. The van der Waals surface area contributed by atoms with Crippen molar-refractivity contribution >= 4 is 0 Å². The summed E-state index contributed by atoms with van der Waals surface area (Å²) < 4.78 is 0. The molecule has 1 aliphatic carbocycles. The molecule has 0 saturated heterocycles. The van der Waals surface area contributed by atoms with Crippen molar-refractivity contribution < 1.29 is 10.2 Å². The number of hydrogen-bond acceptors (Lipinski definition) is 2. The van der Waals surface area contributed by atoms with Crippen LogP contribution in [0, 0.1) is 5.92 Å². The van der Waals surface area contributed by atoms with E-state index in [4.69, 9.17) is 0 Å². The van der Waals surface area contributed by atoms with E-state index in [9.17, 15) is 10.2 Å². The van der Waals surface area contributed by atoms with E-state index in [1.54, 1.807) is 18.2 Å². The Morgan fingerprint density at radius 1 is 1.05 bits per heavy atom. The topological polar surface area (TPSA) is 40.5 Å². The quantitative estimate of drug-likeness (QED) is 0.881. The molecule has 1 unspecified atom stereocenters. The predicted octanol–water partition coefficient (Wildman–Crippen LogP) is 3.40. The van der Waals surface area contributed by atoms with Crippen molar-refractivity contribution in [1.29, 1.82) is 0 Å². The number of phenolic OH excluding ortho intramolecular Hbond substituents is 1. The van der Waals surface area contributed by atoms with Gasteiger partial charge in [0, 0.05) is 11.0 Å². The highest BCUT2D eigenvalue weighted by Gasteiger charge is 2.58. The molecule has 0 radical (unpaired) electrons. The molecule has 2 nitrogen and oxygen atoms in total. The average molecular weight is 254 g/mol. The summed E-state index contributed by atoms with van der Waals surface area (Å²) in [6.45, 7) is 2.15. The number of benzene rings is 2. The van der Waals surface area contributed by atoms with Gasteiger partial charge in [-0.3, -0.25) is 0 Å². The van der Waals surface area contributed by atoms with Crippen LogP contribution in [-0.2, 0) is 5.41 Å². The van der Waals surface area contributed by atoms with Crippen LogP contribution in [0.1, 0.15) is 30.6 Å². The van der Waals surface area contributed by atoms with E-state index in [0.29, 0.717) is 11.5 Å². The lowest BCUT2D eigenvalue weighted by molar-refractivity contribution is 0.123. The van der Waals surface area contributed by atoms with Gasteiger partial charge in [-0.05, 0) is 24.0 Å². The van der Waals surface area contributed by atoms with Crippen LogP contribution in [0.15, 0.2) is 54.6 Å². The molecule has 2 aromatic rings. The number of hydrogen-bond donors (Lipinski definition) is 2. The van der Waals surface area contributed by atoms with Gasteiger partial charge in [-0.2, -0.15) is 0 Å². The molecule has 0 aromatic heterocycles. The van der Waals surface area contributed by atoms with Gasteiger partial charge in [-0.15, -0.1) is 0 Å². The molecule has 3 atom stereocenters. The maximum absolute atomic E-state index is 10.8. The van der Waals surface area contributed by atoms with Gasteiger partial charge in [-0.25, -0.2) is 0 Å². The van der Waals surface area contributed by atoms with Crippen molar-refractivity contribution in [1.82, 2.24) is 0 Å². The first-order chi connectivity index (χ1) is 9.16. The number of aliphatic hydroxyl groups is 1. The Balaban J connectivity index is 2.03. The summed E-state index contributed by atoms with van der Waals surface area (Å²) in [5.41, 5.74) is 1.52. The number of rotatable bonds is 3. The summed E-state index contributed by atoms with van der Waals surface area (Å²) >= 11 is 0. The second kappa shape index (κ2) is 4.39. The minimum atomic E-state index is -0.661. The maximum atomic E-state index is 10.8. The molecule has 2 heteroatoms. The zero-order chi connectivity index (χ0) is 13.5. The van der Waals surface area contributed by atoms with Crippen LogP contribution >= 0.6 is 0 Å². The van der Waals surface area contributed by atoms with Gasteiger partial charge in [0.15, 0.2) is 0 Å². The molecular weight excluding hydrogens is 236 g/mol. The molecule has 1 fully saturated rings. The van der Waals surface area contributed by atoms with E-state index in [1.807, 2.05) is 24.3 Å². The fourth-order valence-corrected chi connectivity index (χ4v) is 3.13. The van der Waals surface area contributed by atoms with Crippen LogP contribution in [0.4, 0.5) is 0 Å². The first kappa shape index (κ1) is 12.2. The molecule has 1 aliphatic rings. The van der Waals surface area contributed by atoms with E-state index >= 15 is 0 Å². The molecule has 0 aliphatic heterocycles. The minimum absolute atomic E-state index is 0.171. The molecule has 2 N–H and O–H groups in total. The Morgan fingerprint density at radius 3 is 2.21 bits per heavy atom. The molecule has 2 aromatic carbocycles. The first-order valence-corrected chi connectivity index (χ1v) is 6.68. The molecule has 0 bridgehead atoms. The maximum Gasteiger partial charge on any atom is 0.121 e. The van der Waals surface area contributed by atoms with Crippen molar-refractivity contribution in [2.45, 2.75) is 24.9 Å². The molecule has 98 valence electrons. The molecule has 19 heavy (non-hydrogen) atoms. The normalized spacial score (nSPS) is 26.9. The zero-order valence-corrected chi connectivity index (χ0v) is 11.0. The standard InChI is InChI=1S/C17H18O2/c1-12-11-17(12,13-7-3-2-4-8-13)16(19)14-9-5-6-10-15(14)18/h2-10,12,16,18-19H,11H2,1H3/t12-,16?,17-/m1/s1. The van der Waals surface area contributed by atoms with Crippen LogP contribution in [-0.4, -0.2) is 10.2 Å². The van der Waals surface area contributed by atoms with E-state index in [2.05, 4.69) is 19.1 Å². The highest BCUT2D eigenvalue weighted by molar-refractivity contribution is 5.43. The Kier molecular flexibility index (Phi) is 2.83. The lowest BCUT2D eigenvalue weighted by Crippen LogP contribution is -2.20. The number of aromatic hydroxyl groups is 1. The van der Waals surface area contributed by atoms with Crippen molar-refractivity contribution in [3.63, 3.8) is 0 Å². The third kappa shape index (κ3) is 1.83. The summed E-state index contributed by atoms with van der Waals surface area (Å²) in [7, 11) is 0. The lowest BCUT2D eigenvalue weighted by Gasteiger charge is -2.25. The highest BCUT2D eigenvalue weighted by atomic mass is 16.3. The van der Waals surface area contributed by atoms with Crippen LogP contribution in [0.2, 0.25) is 0 Å². The van der Waals surface area contributed by atoms with Gasteiger partial charge in [0.1, 0.15) is 5.75 Å². The van der Waals surface area contributed by atoms with Crippen LogP contribution < -0.4 is 0 Å². The molecule has 0 amide bonds. The average Bonchev–Trinajstić information content (AvgIpc) is 3.12. The first-order valence-electron chi connectivity index (χ1n) is 6.68. The van der Waals surface area contributed by atoms with Gasteiger partial charge < -0.3 is 10.2 Å². The van der Waals surface area contributed by atoms with E-state index in [1.165, 1.54) is 0 Å². The van der Waals surface area contributed by atoms with Crippen LogP contribution in [0.5, 0.6) is 5.75 Å². The molecule has 3 rings (SSSR count). The second-order valence-electron chi connectivity index (χ2n) is 5.47. The van der Waals surface area contributed by atoms with Crippen molar-refractivity contribution in [3.8, 4) is 5.75 Å². The summed E-state index contributed by atoms with van der Waals surface area (Å²) in [6.07, 6.45) is 0.290. The summed E-state index contributed by atoms with van der Waals surface area (Å²) in [4.78, 5) is 0.